The van der Waals surface area contributed by atoms with E-state index < -0.39 is 0 Å². The molecule has 1 amide bonds. The lowest BCUT2D eigenvalue weighted by molar-refractivity contribution is 0.0948. The minimum atomic E-state index is -0.0442. The summed E-state index contributed by atoms with van der Waals surface area (Å²) in [6.07, 6.45) is 0. The molecule has 1 aromatic heterocycles. The molecule has 0 saturated carbocycles. The first-order chi connectivity index (χ1) is 14.0. The van der Waals surface area contributed by atoms with Gasteiger partial charge in [-0.25, -0.2) is 0 Å². The molecule has 0 unspecified atom stereocenters. The molecule has 6 nitrogen and oxygen atoms in total. The number of ether oxygens (including phenoxy) is 1. The first-order valence-electron chi connectivity index (χ1n) is 9.55. The zero-order valence-corrected chi connectivity index (χ0v) is 18.0. The summed E-state index contributed by atoms with van der Waals surface area (Å²) in [5, 5.41) is 12.3. The van der Waals surface area contributed by atoms with Crippen molar-refractivity contribution in [3.8, 4) is 11.4 Å². The molecular weight excluding hydrogens is 384 g/mol. The number of nitrogens with one attached hydrogen (secondary N) is 1. The summed E-state index contributed by atoms with van der Waals surface area (Å²) in [5.41, 5.74) is 2.55. The van der Waals surface area contributed by atoms with Gasteiger partial charge in [0.2, 0.25) is 0 Å². The number of hydrogen-bond acceptors (Lipinski definition) is 5. The third-order valence-electron chi connectivity index (χ3n) is 4.41. The summed E-state index contributed by atoms with van der Waals surface area (Å²) in [7, 11) is 1.65. The maximum atomic E-state index is 12.6. The van der Waals surface area contributed by atoms with E-state index in [4.69, 9.17) is 4.74 Å². The molecule has 0 aliphatic heterocycles. The Morgan fingerprint density at radius 1 is 1.14 bits per heavy atom. The standard InChI is InChI=1S/C22H26N4O2S/c1-15(2)13-23-21(27)18-10-6-5-9-17(18)14-29-22-25-24-16(3)26(22)19-11-7-8-12-20(19)28-4/h5-12,15H,13-14H2,1-4H3,(H,23,27). The lowest BCUT2D eigenvalue weighted by atomic mass is 10.1. The first-order valence-corrected chi connectivity index (χ1v) is 10.5. The van der Waals surface area contributed by atoms with Gasteiger partial charge in [-0.15, -0.1) is 10.2 Å². The molecule has 0 aliphatic rings. The Kier molecular flexibility index (Phi) is 6.93. The molecule has 0 aliphatic carbocycles. The van der Waals surface area contributed by atoms with Crippen molar-refractivity contribution in [3.63, 3.8) is 0 Å². The van der Waals surface area contributed by atoms with Crippen LogP contribution in [0, 0.1) is 12.8 Å². The molecule has 1 heterocycles. The van der Waals surface area contributed by atoms with E-state index in [1.807, 2.05) is 60.0 Å². The Morgan fingerprint density at radius 2 is 1.86 bits per heavy atom. The predicted molar refractivity (Wildman–Crippen MR) is 116 cm³/mol. The smallest absolute Gasteiger partial charge is 0.251 e. The predicted octanol–water partition coefficient (Wildman–Crippen LogP) is 4.26. The molecule has 0 bridgehead atoms. The fourth-order valence-electron chi connectivity index (χ4n) is 2.93. The van der Waals surface area contributed by atoms with Crippen molar-refractivity contribution >= 4 is 17.7 Å². The van der Waals surface area contributed by atoms with Crippen LogP contribution in [0.5, 0.6) is 5.75 Å². The summed E-state index contributed by atoms with van der Waals surface area (Å²) in [4.78, 5) is 12.6. The number of hydrogen-bond donors (Lipinski definition) is 1. The molecule has 152 valence electrons. The van der Waals surface area contributed by atoms with E-state index in [0.717, 1.165) is 28.0 Å². The van der Waals surface area contributed by atoms with Gasteiger partial charge < -0.3 is 10.1 Å². The van der Waals surface area contributed by atoms with Crippen LogP contribution in [0.1, 0.15) is 35.6 Å². The van der Waals surface area contributed by atoms with Crippen LogP contribution >= 0.6 is 11.8 Å². The van der Waals surface area contributed by atoms with E-state index >= 15 is 0 Å². The molecule has 0 radical (unpaired) electrons. The van der Waals surface area contributed by atoms with E-state index in [1.54, 1.807) is 18.9 Å². The molecule has 29 heavy (non-hydrogen) atoms. The molecule has 0 fully saturated rings. The van der Waals surface area contributed by atoms with Gasteiger partial charge in [0.15, 0.2) is 5.16 Å². The Labute approximate surface area is 175 Å². The number of aromatic nitrogens is 3. The molecule has 3 rings (SSSR count). The molecule has 0 spiro atoms. The average molecular weight is 411 g/mol. The van der Waals surface area contributed by atoms with E-state index in [2.05, 4.69) is 29.4 Å². The molecular formula is C22H26N4O2S. The van der Waals surface area contributed by atoms with Crippen molar-refractivity contribution < 1.29 is 9.53 Å². The van der Waals surface area contributed by atoms with Crippen LogP contribution in [0.2, 0.25) is 0 Å². The number of carbonyl (C=O) groups excluding carboxylic acids is 1. The molecule has 1 N–H and O–H groups in total. The van der Waals surface area contributed by atoms with Crippen LogP contribution in [-0.4, -0.2) is 34.3 Å². The second-order valence-electron chi connectivity index (χ2n) is 7.09. The zero-order valence-electron chi connectivity index (χ0n) is 17.2. The topological polar surface area (TPSA) is 69.0 Å². The van der Waals surface area contributed by atoms with Gasteiger partial charge in [-0.05, 0) is 36.6 Å². The van der Waals surface area contributed by atoms with Crippen LogP contribution in [0.3, 0.4) is 0 Å². The van der Waals surface area contributed by atoms with Gasteiger partial charge in [0, 0.05) is 17.9 Å². The highest BCUT2D eigenvalue weighted by molar-refractivity contribution is 7.98. The molecule has 2 aromatic carbocycles. The first kappa shape index (κ1) is 20.9. The monoisotopic (exact) mass is 410 g/mol. The summed E-state index contributed by atoms with van der Waals surface area (Å²) < 4.78 is 7.48. The Hall–Kier alpha value is -2.80. The number of benzene rings is 2. The van der Waals surface area contributed by atoms with Crippen molar-refractivity contribution in [1.29, 1.82) is 0 Å². The number of methoxy groups -OCH3 is 1. The Bertz CT molecular complexity index is 984. The normalized spacial score (nSPS) is 10.9. The fourth-order valence-corrected chi connectivity index (χ4v) is 3.92. The van der Waals surface area contributed by atoms with Crippen molar-refractivity contribution in [2.75, 3.05) is 13.7 Å². The van der Waals surface area contributed by atoms with Gasteiger partial charge in [-0.3, -0.25) is 9.36 Å². The second kappa shape index (κ2) is 9.60. The maximum Gasteiger partial charge on any atom is 0.251 e. The van der Waals surface area contributed by atoms with Gasteiger partial charge in [0.1, 0.15) is 11.6 Å². The highest BCUT2D eigenvalue weighted by Gasteiger charge is 2.17. The van der Waals surface area contributed by atoms with E-state index in [9.17, 15) is 4.79 Å². The van der Waals surface area contributed by atoms with Crippen molar-refractivity contribution in [2.45, 2.75) is 31.7 Å². The van der Waals surface area contributed by atoms with E-state index in [-0.39, 0.29) is 5.91 Å². The van der Waals surface area contributed by atoms with E-state index in [1.165, 1.54) is 0 Å². The lowest BCUT2D eigenvalue weighted by Crippen LogP contribution is -2.28. The Balaban J connectivity index is 1.83. The van der Waals surface area contributed by atoms with Crippen molar-refractivity contribution in [1.82, 2.24) is 20.1 Å². The zero-order chi connectivity index (χ0) is 20.8. The van der Waals surface area contributed by atoms with Gasteiger partial charge in [-0.2, -0.15) is 0 Å². The summed E-state index contributed by atoms with van der Waals surface area (Å²) in [6.45, 7) is 6.72. The van der Waals surface area contributed by atoms with Gasteiger partial charge in [0.05, 0.1) is 12.8 Å². The lowest BCUT2D eigenvalue weighted by Gasteiger charge is -2.13. The molecule has 3 aromatic rings. The van der Waals surface area contributed by atoms with Gasteiger partial charge in [-0.1, -0.05) is 55.9 Å². The van der Waals surface area contributed by atoms with Crippen LogP contribution in [-0.2, 0) is 5.75 Å². The fraction of sp³-hybridized carbons (Fsp3) is 0.318. The number of para-hydroxylation sites is 2. The number of nitrogens with zero attached hydrogens (tertiary/aromatic N) is 3. The van der Waals surface area contributed by atoms with Gasteiger partial charge >= 0.3 is 0 Å². The number of thioether (sulfide) groups is 1. The second-order valence-corrected chi connectivity index (χ2v) is 8.03. The summed E-state index contributed by atoms with van der Waals surface area (Å²) in [6, 6.07) is 15.5. The van der Waals surface area contributed by atoms with Crippen LogP contribution in [0.15, 0.2) is 53.7 Å². The van der Waals surface area contributed by atoms with E-state index in [0.29, 0.717) is 23.8 Å². The third-order valence-corrected chi connectivity index (χ3v) is 5.39. The molecule has 0 atom stereocenters. The van der Waals surface area contributed by atoms with Crippen LogP contribution < -0.4 is 10.1 Å². The molecule has 0 saturated heterocycles. The highest BCUT2D eigenvalue weighted by atomic mass is 32.2. The number of amides is 1. The quantitative estimate of drug-likeness (QED) is 0.562. The maximum absolute atomic E-state index is 12.6. The highest BCUT2D eigenvalue weighted by Crippen LogP contribution is 2.30. The minimum Gasteiger partial charge on any atom is -0.495 e. The van der Waals surface area contributed by atoms with Gasteiger partial charge in [0.25, 0.3) is 5.91 Å². The summed E-state index contributed by atoms with van der Waals surface area (Å²) in [5.74, 6) is 2.50. The Morgan fingerprint density at radius 3 is 2.62 bits per heavy atom. The largest absolute Gasteiger partial charge is 0.495 e. The number of rotatable bonds is 8. The minimum absolute atomic E-state index is 0.0442. The third kappa shape index (κ3) is 4.98. The number of carbonyl (C=O) groups is 1. The number of aryl methyl sites for hydroxylation is 1. The van der Waals surface area contributed by atoms with Crippen LogP contribution in [0.4, 0.5) is 0 Å². The molecule has 7 heteroatoms. The van der Waals surface area contributed by atoms with Crippen molar-refractivity contribution in [2.24, 2.45) is 5.92 Å². The van der Waals surface area contributed by atoms with Crippen molar-refractivity contribution in [3.05, 3.63) is 65.5 Å². The summed E-state index contributed by atoms with van der Waals surface area (Å²) >= 11 is 1.54. The SMILES string of the molecule is COc1ccccc1-n1c(C)nnc1SCc1ccccc1C(=O)NCC(C)C. The average Bonchev–Trinajstić information content (AvgIpc) is 3.10. The van der Waals surface area contributed by atoms with Crippen LogP contribution in [0.25, 0.3) is 5.69 Å².